The number of rotatable bonds is 22. The molecule has 0 heterocycles. The number of allylic oxidation sites excluding steroid dienone is 1. The van der Waals surface area contributed by atoms with Gasteiger partial charge in [0.1, 0.15) is 5.54 Å². The van der Waals surface area contributed by atoms with Crippen molar-refractivity contribution in [2.75, 3.05) is 5.75 Å². The minimum atomic E-state index is -1.63. The third-order valence-corrected chi connectivity index (χ3v) is 6.31. The average Bonchev–Trinajstić information content (AvgIpc) is 2.75. The van der Waals surface area contributed by atoms with E-state index < -0.39 is 23.3 Å². The maximum atomic E-state index is 12.2. The number of carbonyl (C=O) groups is 2. The fourth-order valence-electron chi connectivity index (χ4n) is 3.83. The van der Waals surface area contributed by atoms with Gasteiger partial charge in [-0.1, -0.05) is 103 Å². The number of nitrogens with two attached hydrogens (primary N) is 2. The molecule has 0 saturated heterocycles. The highest BCUT2D eigenvalue weighted by Crippen LogP contribution is 2.18. The Bertz CT molecular complexity index is 499. The zero-order valence-corrected chi connectivity index (χ0v) is 20.7. The van der Waals surface area contributed by atoms with Crippen LogP contribution in [0.5, 0.6) is 0 Å². The summed E-state index contributed by atoms with van der Waals surface area (Å²) in [4.78, 5) is 23.5. The van der Waals surface area contributed by atoms with Crippen molar-refractivity contribution in [3.8, 4) is 0 Å². The number of unbranched alkanes of at least 4 members (excludes halogenated alkanes) is 14. The van der Waals surface area contributed by atoms with Gasteiger partial charge in [0.15, 0.2) is 0 Å². The summed E-state index contributed by atoms with van der Waals surface area (Å²) in [5.74, 6) is -1.69. The maximum absolute atomic E-state index is 12.2. The summed E-state index contributed by atoms with van der Waals surface area (Å²) < 4.78 is 0. The van der Waals surface area contributed by atoms with Gasteiger partial charge < -0.3 is 16.6 Å². The van der Waals surface area contributed by atoms with Crippen molar-refractivity contribution in [2.24, 2.45) is 11.5 Å². The Kier molecular flexibility index (Phi) is 19.3. The number of ketones is 1. The van der Waals surface area contributed by atoms with E-state index in [9.17, 15) is 14.7 Å². The number of carboxylic acids is 1. The summed E-state index contributed by atoms with van der Waals surface area (Å²) >= 11 is 4.19. The van der Waals surface area contributed by atoms with Crippen molar-refractivity contribution >= 4 is 24.4 Å². The first-order valence-electron chi connectivity index (χ1n) is 12.5. The zero-order chi connectivity index (χ0) is 23.4. The summed E-state index contributed by atoms with van der Waals surface area (Å²) in [5, 5.41) is 9.18. The molecule has 5 N–H and O–H groups in total. The van der Waals surface area contributed by atoms with Crippen LogP contribution in [0.15, 0.2) is 12.2 Å². The van der Waals surface area contributed by atoms with Gasteiger partial charge in [-0.25, -0.2) is 4.79 Å². The van der Waals surface area contributed by atoms with E-state index in [2.05, 4.69) is 19.6 Å². The number of hydrogen-bond donors (Lipinski definition) is 4. The molecule has 0 aliphatic carbocycles. The fraction of sp³-hybridized carbons (Fsp3) is 0.840. The highest BCUT2D eigenvalue weighted by molar-refractivity contribution is 7.80. The number of carboxylic acid groups (broad SMARTS) is 1. The number of carbonyl (C=O) groups excluding carboxylic acids is 1. The molecular weight excluding hydrogens is 408 g/mol. The van der Waals surface area contributed by atoms with Gasteiger partial charge in [-0.3, -0.25) is 4.79 Å². The SMILES string of the molecule is CCCCCCCCCCCCCCC(N)C(N)(C=CCCCCCS)C(=O)C(=O)O. The minimum absolute atomic E-state index is 0.553. The van der Waals surface area contributed by atoms with Crippen LogP contribution in [0.25, 0.3) is 0 Å². The topological polar surface area (TPSA) is 106 Å². The molecule has 0 saturated carbocycles. The predicted octanol–water partition coefficient (Wildman–Crippen LogP) is 5.80. The quantitative estimate of drug-likeness (QED) is 0.0712. The number of Topliss-reactive ketones (excluding diaryl/α,β-unsaturated/α-hetero) is 1. The van der Waals surface area contributed by atoms with Gasteiger partial charge in [0, 0.05) is 6.04 Å². The van der Waals surface area contributed by atoms with Gasteiger partial charge in [0.25, 0.3) is 5.78 Å². The second kappa shape index (κ2) is 19.8. The third-order valence-electron chi connectivity index (χ3n) is 5.99. The van der Waals surface area contributed by atoms with Crippen molar-refractivity contribution in [1.82, 2.24) is 0 Å². The second-order valence-corrected chi connectivity index (χ2v) is 9.27. The van der Waals surface area contributed by atoms with Crippen molar-refractivity contribution < 1.29 is 14.7 Å². The van der Waals surface area contributed by atoms with E-state index in [0.717, 1.165) is 50.7 Å². The largest absolute Gasteiger partial charge is 0.475 e. The molecule has 0 aliphatic rings. The Labute approximate surface area is 196 Å². The van der Waals surface area contributed by atoms with Crippen LogP contribution in [0.3, 0.4) is 0 Å². The third kappa shape index (κ3) is 14.8. The first-order valence-corrected chi connectivity index (χ1v) is 13.1. The Morgan fingerprint density at radius 1 is 0.871 bits per heavy atom. The fourth-order valence-corrected chi connectivity index (χ4v) is 4.05. The summed E-state index contributed by atoms with van der Waals surface area (Å²) in [6.07, 6.45) is 22.6. The first kappa shape index (κ1) is 30.1. The second-order valence-electron chi connectivity index (χ2n) is 8.83. The van der Waals surface area contributed by atoms with Crippen LogP contribution in [-0.2, 0) is 9.59 Å². The standard InChI is InChI=1S/C25H48N2O3S/c1-2-3-4-5-6-7-8-9-10-11-13-16-19-22(26)25(27,23(28)24(29)30)20-17-14-12-15-18-21-31/h17,20,22,31H,2-16,18-19,21,26-27H2,1H3,(H,29,30). The van der Waals surface area contributed by atoms with E-state index in [0.29, 0.717) is 6.42 Å². The molecule has 5 nitrogen and oxygen atoms in total. The highest BCUT2D eigenvalue weighted by Gasteiger charge is 2.41. The molecule has 2 atom stereocenters. The number of hydrogen-bond acceptors (Lipinski definition) is 5. The molecule has 6 heteroatoms. The van der Waals surface area contributed by atoms with E-state index in [1.165, 1.54) is 63.9 Å². The van der Waals surface area contributed by atoms with E-state index in [1.54, 1.807) is 0 Å². The lowest BCUT2D eigenvalue weighted by Crippen LogP contribution is -2.61. The predicted molar refractivity (Wildman–Crippen MR) is 135 cm³/mol. The number of aliphatic carboxylic acids is 1. The van der Waals surface area contributed by atoms with Gasteiger partial charge >= 0.3 is 5.97 Å². The van der Waals surface area contributed by atoms with Crippen molar-refractivity contribution in [2.45, 2.75) is 128 Å². The van der Waals surface area contributed by atoms with Crippen LogP contribution in [0.2, 0.25) is 0 Å². The van der Waals surface area contributed by atoms with Gasteiger partial charge in [-0.05, 0) is 31.4 Å². The van der Waals surface area contributed by atoms with Crippen LogP contribution in [0, 0.1) is 0 Å². The molecule has 0 aliphatic heterocycles. The van der Waals surface area contributed by atoms with Gasteiger partial charge in [0.05, 0.1) is 0 Å². The van der Waals surface area contributed by atoms with Crippen molar-refractivity contribution in [1.29, 1.82) is 0 Å². The molecule has 0 fully saturated rings. The Morgan fingerprint density at radius 3 is 1.84 bits per heavy atom. The van der Waals surface area contributed by atoms with E-state index >= 15 is 0 Å². The molecule has 0 aromatic rings. The molecule has 2 unspecified atom stereocenters. The summed E-state index contributed by atoms with van der Waals surface area (Å²) in [6.45, 7) is 2.24. The van der Waals surface area contributed by atoms with Crippen LogP contribution in [-0.4, -0.2) is 34.2 Å². The Hall–Kier alpha value is -0.850. The molecule has 0 rings (SSSR count). The molecule has 182 valence electrons. The Balaban J connectivity index is 4.17. The normalized spacial score (nSPS) is 14.6. The zero-order valence-electron chi connectivity index (χ0n) is 19.8. The van der Waals surface area contributed by atoms with Crippen LogP contribution < -0.4 is 11.5 Å². The lowest BCUT2D eigenvalue weighted by molar-refractivity contribution is -0.151. The van der Waals surface area contributed by atoms with E-state index in [4.69, 9.17) is 11.5 Å². The van der Waals surface area contributed by atoms with E-state index in [-0.39, 0.29) is 0 Å². The molecule has 0 bridgehead atoms. The maximum Gasteiger partial charge on any atom is 0.374 e. The Morgan fingerprint density at radius 2 is 1.35 bits per heavy atom. The lowest BCUT2D eigenvalue weighted by atomic mass is 9.83. The molecule has 0 aromatic carbocycles. The van der Waals surface area contributed by atoms with Gasteiger partial charge in [-0.2, -0.15) is 12.6 Å². The van der Waals surface area contributed by atoms with Crippen molar-refractivity contribution in [3.05, 3.63) is 12.2 Å². The molecule has 0 radical (unpaired) electrons. The van der Waals surface area contributed by atoms with Gasteiger partial charge in [-0.15, -0.1) is 0 Å². The van der Waals surface area contributed by atoms with Crippen molar-refractivity contribution in [3.63, 3.8) is 0 Å². The summed E-state index contributed by atoms with van der Waals surface area (Å²) in [6, 6.07) is -0.687. The first-order chi connectivity index (χ1) is 14.9. The smallest absolute Gasteiger partial charge is 0.374 e. The van der Waals surface area contributed by atoms with E-state index in [1.807, 2.05) is 6.08 Å². The summed E-state index contributed by atoms with van der Waals surface area (Å²) in [5.41, 5.74) is 10.8. The average molecular weight is 457 g/mol. The monoisotopic (exact) mass is 456 g/mol. The molecular formula is C25H48N2O3S. The number of thiol groups is 1. The molecule has 0 aromatic heterocycles. The van der Waals surface area contributed by atoms with Gasteiger partial charge in [0.2, 0.25) is 0 Å². The van der Waals surface area contributed by atoms with Crippen LogP contribution >= 0.6 is 12.6 Å². The lowest BCUT2D eigenvalue weighted by Gasteiger charge is -2.29. The minimum Gasteiger partial charge on any atom is -0.475 e. The summed E-state index contributed by atoms with van der Waals surface area (Å²) in [7, 11) is 0. The highest BCUT2D eigenvalue weighted by atomic mass is 32.1. The molecule has 31 heavy (non-hydrogen) atoms. The van der Waals surface area contributed by atoms with Crippen LogP contribution in [0.1, 0.15) is 116 Å². The molecule has 0 amide bonds. The van der Waals surface area contributed by atoms with Crippen LogP contribution in [0.4, 0.5) is 0 Å². The molecule has 0 spiro atoms.